The van der Waals surface area contributed by atoms with Gasteiger partial charge in [0.05, 0.1) is 12.7 Å². The highest BCUT2D eigenvalue weighted by Gasteiger charge is 2.30. The first-order chi connectivity index (χ1) is 8.63. The van der Waals surface area contributed by atoms with E-state index >= 15 is 0 Å². The first kappa shape index (κ1) is 12.3. The normalized spacial score (nSPS) is 19.4. The fourth-order valence-electron chi connectivity index (χ4n) is 1.87. The minimum Gasteiger partial charge on any atom is -0.368 e. The number of nitriles is 1. The number of nitrogens with zero attached hydrogens (tertiary/aromatic N) is 2. The van der Waals surface area contributed by atoms with Gasteiger partial charge in [-0.15, -0.1) is 0 Å². The molecule has 1 saturated heterocycles. The zero-order chi connectivity index (χ0) is 13.1. The van der Waals surface area contributed by atoms with Crippen LogP contribution in [0.2, 0.25) is 0 Å². The number of hydrogen-bond acceptors (Lipinski definition) is 4. The van der Waals surface area contributed by atoms with Crippen molar-refractivity contribution in [3.05, 3.63) is 29.8 Å². The molecule has 0 spiro atoms. The number of benzene rings is 1. The average molecular weight is 244 g/mol. The molecule has 0 bridgehead atoms. The Morgan fingerprint density at radius 2 is 2.33 bits per heavy atom. The Hall–Kier alpha value is -2.19. The Bertz CT molecular complexity index is 533. The third kappa shape index (κ3) is 2.24. The van der Waals surface area contributed by atoms with Crippen molar-refractivity contribution in [3.63, 3.8) is 0 Å². The Kier molecular flexibility index (Phi) is 3.40. The molecule has 1 aliphatic heterocycles. The van der Waals surface area contributed by atoms with Crippen LogP contribution in [-0.4, -0.2) is 30.9 Å². The topological polar surface area (TPSA) is 70.4 Å². The van der Waals surface area contributed by atoms with E-state index in [-0.39, 0.29) is 24.9 Å². The molecule has 0 radical (unpaired) electrons. The molecule has 0 N–H and O–H groups in total. The SMILES string of the molecule is CC(=O)c1cccc(N2C(=O)COCC2C#N)c1. The highest BCUT2D eigenvalue weighted by molar-refractivity contribution is 5.99. The lowest BCUT2D eigenvalue weighted by molar-refractivity contribution is -0.126. The molecule has 1 aromatic rings. The molecule has 18 heavy (non-hydrogen) atoms. The van der Waals surface area contributed by atoms with Gasteiger partial charge >= 0.3 is 0 Å². The smallest absolute Gasteiger partial charge is 0.254 e. The lowest BCUT2D eigenvalue weighted by atomic mass is 10.1. The number of carbonyl (C=O) groups excluding carboxylic acids is 2. The Balaban J connectivity index is 2.39. The van der Waals surface area contributed by atoms with Gasteiger partial charge in [0.2, 0.25) is 0 Å². The summed E-state index contributed by atoms with van der Waals surface area (Å²) < 4.78 is 5.03. The van der Waals surface area contributed by atoms with Gasteiger partial charge in [0.15, 0.2) is 5.78 Å². The second-order valence-electron chi connectivity index (χ2n) is 4.03. The van der Waals surface area contributed by atoms with Gasteiger partial charge in [0, 0.05) is 11.3 Å². The van der Waals surface area contributed by atoms with E-state index in [4.69, 9.17) is 10.00 Å². The maximum Gasteiger partial charge on any atom is 0.254 e. The number of carbonyl (C=O) groups is 2. The van der Waals surface area contributed by atoms with Gasteiger partial charge in [-0.05, 0) is 19.1 Å². The molecule has 0 saturated carbocycles. The quantitative estimate of drug-likeness (QED) is 0.731. The number of Topliss-reactive ketones (excluding diaryl/α,β-unsaturated/α-hetero) is 1. The predicted octanol–water partition coefficient (Wildman–Crippen LogP) is 1.14. The summed E-state index contributed by atoms with van der Waals surface area (Å²) in [4.78, 5) is 24.5. The molecular weight excluding hydrogens is 232 g/mol. The number of morpholine rings is 1. The summed E-state index contributed by atoms with van der Waals surface area (Å²) >= 11 is 0. The van der Waals surface area contributed by atoms with Crippen molar-refractivity contribution in [2.24, 2.45) is 0 Å². The van der Waals surface area contributed by atoms with Crippen molar-refractivity contribution in [2.75, 3.05) is 18.1 Å². The molecule has 1 atom stereocenters. The third-order valence-corrected chi connectivity index (χ3v) is 2.76. The standard InChI is InChI=1S/C13H12N2O3/c1-9(16)10-3-2-4-11(5-10)15-12(6-14)7-18-8-13(15)17/h2-5,12H,7-8H2,1H3. The van der Waals surface area contributed by atoms with Crippen molar-refractivity contribution < 1.29 is 14.3 Å². The molecule has 1 aliphatic rings. The molecule has 1 heterocycles. The second-order valence-corrected chi connectivity index (χ2v) is 4.03. The fourth-order valence-corrected chi connectivity index (χ4v) is 1.87. The molecule has 5 nitrogen and oxygen atoms in total. The van der Waals surface area contributed by atoms with E-state index in [9.17, 15) is 9.59 Å². The number of amides is 1. The van der Waals surface area contributed by atoms with Crippen LogP contribution in [0.4, 0.5) is 5.69 Å². The van der Waals surface area contributed by atoms with Crippen molar-refractivity contribution in [3.8, 4) is 6.07 Å². The molecule has 1 fully saturated rings. The Labute approximate surface area is 105 Å². The summed E-state index contributed by atoms with van der Waals surface area (Å²) in [5.74, 6) is -0.348. The van der Waals surface area contributed by atoms with Gasteiger partial charge in [-0.3, -0.25) is 14.5 Å². The summed E-state index contributed by atoms with van der Waals surface area (Å²) in [5.41, 5.74) is 1.08. The van der Waals surface area contributed by atoms with Crippen LogP contribution < -0.4 is 4.90 Å². The summed E-state index contributed by atoms with van der Waals surface area (Å²) in [7, 11) is 0. The number of anilines is 1. The van der Waals surface area contributed by atoms with Crippen LogP contribution in [0.5, 0.6) is 0 Å². The minimum atomic E-state index is -0.645. The number of ketones is 1. The number of ether oxygens (including phenoxy) is 1. The van der Waals surface area contributed by atoms with Gasteiger partial charge in [-0.1, -0.05) is 12.1 Å². The zero-order valence-corrected chi connectivity index (χ0v) is 9.92. The van der Waals surface area contributed by atoms with Crippen molar-refractivity contribution in [2.45, 2.75) is 13.0 Å². The minimum absolute atomic E-state index is 0.0392. The molecule has 0 aliphatic carbocycles. The highest BCUT2D eigenvalue weighted by Crippen LogP contribution is 2.21. The number of hydrogen-bond donors (Lipinski definition) is 0. The largest absolute Gasteiger partial charge is 0.368 e. The Morgan fingerprint density at radius 3 is 3.00 bits per heavy atom. The Morgan fingerprint density at radius 1 is 1.56 bits per heavy atom. The molecule has 1 unspecified atom stereocenters. The van der Waals surface area contributed by atoms with Crippen LogP contribution in [0.3, 0.4) is 0 Å². The van der Waals surface area contributed by atoms with Crippen molar-refractivity contribution in [1.29, 1.82) is 5.26 Å². The molecule has 0 aromatic heterocycles. The predicted molar refractivity (Wildman–Crippen MR) is 64.2 cm³/mol. The van der Waals surface area contributed by atoms with Gasteiger partial charge in [0.1, 0.15) is 12.6 Å². The van der Waals surface area contributed by atoms with E-state index in [1.807, 2.05) is 6.07 Å². The van der Waals surface area contributed by atoms with Gasteiger partial charge in [-0.2, -0.15) is 5.26 Å². The second kappa shape index (κ2) is 4.98. The van der Waals surface area contributed by atoms with Crippen molar-refractivity contribution in [1.82, 2.24) is 0 Å². The van der Waals surface area contributed by atoms with E-state index in [0.29, 0.717) is 11.3 Å². The first-order valence-corrected chi connectivity index (χ1v) is 5.54. The van der Waals surface area contributed by atoms with E-state index < -0.39 is 6.04 Å². The molecular formula is C13H12N2O3. The molecule has 1 aromatic carbocycles. The average Bonchev–Trinajstić information content (AvgIpc) is 2.38. The van der Waals surface area contributed by atoms with Crippen LogP contribution in [-0.2, 0) is 9.53 Å². The highest BCUT2D eigenvalue weighted by atomic mass is 16.5. The zero-order valence-electron chi connectivity index (χ0n) is 9.92. The summed E-state index contributed by atoms with van der Waals surface area (Å²) in [6.07, 6.45) is 0. The van der Waals surface area contributed by atoms with E-state index in [1.165, 1.54) is 11.8 Å². The maximum atomic E-state index is 11.8. The third-order valence-electron chi connectivity index (χ3n) is 2.76. The van der Waals surface area contributed by atoms with Crippen LogP contribution >= 0.6 is 0 Å². The van der Waals surface area contributed by atoms with E-state index in [0.717, 1.165) is 0 Å². The fraction of sp³-hybridized carbons (Fsp3) is 0.308. The van der Waals surface area contributed by atoms with Crippen LogP contribution in [0.1, 0.15) is 17.3 Å². The molecule has 1 amide bonds. The summed E-state index contributed by atoms with van der Waals surface area (Å²) in [6, 6.07) is 8.09. The molecule has 5 heteroatoms. The summed E-state index contributed by atoms with van der Waals surface area (Å²) in [6.45, 7) is 1.61. The lowest BCUT2D eigenvalue weighted by Crippen LogP contribution is -2.49. The van der Waals surface area contributed by atoms with Crippen LogP contribution in [0.15, 0.2) is 24.3 Å². The van der Waals surface area contributed by atoms with Gasteiger partial charge < -0.3 is 4.74 Å². The summed E-state index contributed by atoms with van der Waals surface area (Å²) in [5, 5.41) is 9.03. The van der Waals surface area contributed by atoms with Gasteiger partial charge in [0.25, 0.3) is 5.91 Å². The monoisotopic (exact) mass is 244 g/mol. The molecule has 2 rings (SSSR count). The molecule has 92 valence electrons. The number of rotatable bonds is 2. The first-order valence-electron chi connectivity index (χ1n) is 5.54. The van der Waals surface area contributed by atoms with Crippen LogP contribution in [0.25, 0.3) is 0 Å². The lowest BCUT2D eigenvalue weighted by Gasteiger charge is -2.31. The van der Waals surface area contributed by atoms with E-state index in [1.54, 1.807) is 24.3 Å². The van der Waals surface area contributed by atoms with Crippen molar-refractivity contribution >= 4 is 17.4 Å². The van der Waals surface area contributed by atoms with Gasteiger partial charge in [-0.25, -0.2) is 0 Å². The van der Waals surface area contributed by atoms with E-state index in [2.05, 4.69) is 0 Å². The van der Waals surface area contributed by atoms with Crippen LogP contribution in [0, 0.1) is 11.3 Å². The maximum absolute atomic E-state index is 11.8.